The van der Waals surface area contributed by atoms with Gasteiger partial charge in [-0.2, -0.15) is 4.98 Å². The predicted octanol–water partition coefficient (Wildman–Crippen LogP) is 5.00. The first-order valence-corrected chi connectivity index (χ1v) is 12.2. The molecule has 5 rings (SSSR count). The predicted molar refractivity (Wildman–Crippen MR) is 139 cm³/mol. The monoisotopic (exact) mass is 520 g/mol. The molecule has 37 heavy (non-hydrogen) atoms. The Hall–Kier alpha value is -4.08. The second-order valence-electron chi connectivity index (χ2n) is 8.05. The molecular weight excluding hydrogens is 496 g/mol. The maximum atomic E-state index is 12.6. The maximum Gasteiger partial charge on any atom is 0.336 e. The summed E-state index contributed by atoms with van der Waals surface area (Å²) >= 11 is 6.35. The number of hydrogen-bond donors (Lipinski definition) is 1. The molecule has 2 heterocycles. The first kappa shape index (κ1) is 24.6. The average Bonchev–Trinajstić information content (AvgIpc) is 3.58. The van der Waals surface area contributed by atoms with E-state index >= 15 is 0 Å². The van der Waals surface area contributed by atoms with Gasteiger partial charge in [0, 0.05) is 17.9 Å². The third kappa shape index (κ3) is 5.68. The molecule has 4 aromatic rings. The molecule has 1 aromatic heterocycles. The van der Waals surface area contributed by atoms with E-state index < -0.39 is 5.38 Å². The third-order valence-corrected chi connectivity index (χ3v) is 6.03. The minimum Gasteiger partial charge on any atom is -0.460 e. The van der Waals surface area contributed by atoms with Crippen molar-refractivity contribution in [1.29, 1.82) is 0 Å². The number of anilines is 1. The van der Waals surface area contributed by atoms with Crippen LogP contribution in [0.15, 0.2) is 72.8 Å². The summed E-state index contributed by atoms with van der Waals surface area (Å²) in [5, 5.41) is 6.61. The number of nitrogens with one attached hydrogen (secondary N) is 1. The topological polar surface area (TPSA) is 96.7 Å². The molecule has 0 bridgehead atoms. The van der Waals surface area contributed by atoms with Crippen molar-refractivity contribution in [3.63, 3.8) is 0 Å². The Morgan fingerprint density at radius 2 is 1.84 bits per heavy atom. The van der Waals surface area contributed by atoms with E-state index in [0.29, 0.717) is 42.8 Å². The Balaban J connectivity index is 1.38. The number of hydrogen-bond acceptors (Lipinski definition) is 7. The number of benzene rings is 3. The molecule has 3 aromatic carbocycles. The van der Waals surface area contributed by atoms with Crippen LogP contribution in [0.5, 0.6) is 17.5 Å². The lowest BCUT2D eigenvalue weighted by Gasteiger charge is -2.12. The van der Waals surface area contributed by atoms with E-state index in [2.05, 4.69) is 15.4 Å². The van der Waals surface area contributed by atoms with Crippen molar-refractivity contribution in [3.8, 4) is 34.6 Å². The molecule has 1 atom stereocenters. The van der Waals surface area contributed by atoms with E-state index in [9.17, 15) is 4.79 Å². The van der Waals surface area contributed by atoms with Crippen LogP contribution in [0.4, 0.5) is 5.69 Å². The highest BCUT2D eigenvalue weighted by molar-refractivity contribution is 6.32. The molecule has 0 unspecified atom stereocenters. The second kappa shape index (κ2) is 11.3. The lowest BCUT2D eigenvalue weighted by Crippen LogP contribution is -2.17. The van der Waals surface area contributed by atoms with Gasteiger partial charge in [0.1, 0.15) is 12.0 Å². The Morgan fingerprint density at radius 1 is 1.05 bits per heavy atom. The van der Waals surface area contributed by atoms with E-state index in [1.165, 1.54) is 0 Å². The molecule has 0 fully saturated rings. The van der Waals surface area contributed by atoms with Gasteiger partial charge in [0.05, 0.1) is 12.3 Å². The molecule has 0 spiro atoms. The van der Waals surface area contributed by atoms with Crippen molar-refractivity contribution in [2.75, 3.05) is 31.9 Å². The fourth-order valence-electron chi connectivity index (χ4n) is 3.76. The molecule has 0 saturated carbocycles. The molecule has 190 valence electrons. The molecule has 0 radical (unpaired) electrons. The lowest BCUT2D eigenvalue weighted by molar-refractivity contribution is -0.116. The van der Waals surface area contributed by atoms with Gasteiger partial charge in [-0.15, -0.1) is 16.7 Å². The number of halogens is 1. The number of ether oxygens (including phenoxy) is 4. The Labute approximate surface area is 218 Å². The van der Waals surface area contributed by atoms with Gasteiger partial charge >= 0.3 is 6.01 Å². The van der Waals surface area contributed by atoms with Crippen LogP contribution < -0.4 is 19.5 Å². The average molecular weight is 521 g/mol. The third-order valence-electron chi connectivity index (χ3n) is 5.58. The number of nitrogens with zero attached hydrogens (tertiary/aromatic N) is 3. The quantitative estimate of drug-likeness (QED) is 0.232. The first-order chi connectivity index (χ1) is 18.1. The van der Waals surface area contributed by atoms with Gasteiger partial charge in [0.25, 0.3) is 0 Å². The Morgan fingerprint density at radius 3 is 2.62 bits per heavy atom. The molecule has 1 aliphatic heterocycles. The molecule has 1 aliphatic rings. The smallest absolute Gasteiger partial charge is 0.336 e. The van der Waals surface area contributed by atoms with E-state index in [-0.39, 0.29) is 18.7 Å². The number of carbonyl (C=O) groups is 1. The molecule has 9 nitrogen and oxygen atoms in total. The van der Waals surface area contributed by atoms with E-state index in [4.69, 9.17) is 30.5 Å². The van der Waals surface area contributed by atoms with Gasteiger partial charge in [0.2, 0.25) is 12.7 Å². The van der Waals surface area contributed by atoms with Crippen molar-refractivity contribution >= 4 is 23.2 Å². The number of amides is 1. The summed E-state index contributed by atoms with van der Waals surface area (Å²) < 4.78 is 23.7. The van der Waals surface area contributed by atoms with Crippen molar-refractivity contribution in [3.05, 3.63) is 78.4 Å². The first-order valence-electron chi connectivity index (χ1n) is 11.8. The molecular formula is C27H25ClN4O5. The fraction of sp³-hybridized carbons (Fsp3) is 0.222. The summed E-state index contributed by atoms with van der Waals surface area (Å²) in [4.78, 5) is 17.2. The zero-order chi connectivity index (χ0) is 25.6. The van der Waals surface area contributed by atoms with E-state index in [0.717, 1.165) is 16.8 Å². The SMILES string of the molecule is CCOCCOc1nc(-c2ccc3c(c2)OCO3)n(-c2ccc(NC(=O)[C@@H](Cl)c3ccccc3)cc2)n1. The zero-order valence-corrected chi connectivity index (χ0v) is 20.9. The lowest BCUT2D eigenvalue weighted by atomic mass is 10.1. The summed E-state index contributed by atoms with van der Waals surface area (Å²) in [5.74, 6) is 1.56. The zero-order valence-electron chi connectivity index (χ0n) is 20.1. The van der Waals surface area contributed by atoms with Gasteiger partial charge in [-0.3, -0.25) is 4.79 Å². The minimum atomic E-state index is -0.801. The molecule has 0 aliphatic carbocycles. The Kier molecular flexibility index (Phi) is 7.53. The second-order valence-corrected chi connectivity index (χ2v) is 8.49. The number of fused-ring (bicyclic) bond motifs is 1. The van der Waals surface area contributed by atoms with Crippen LogP contribution >= 0.6 is 11.6 Å². The van der Waals surface area contributed by atoms with Gasteiger partial charge in [-0.25, -0.2) is 4.68 Å². The van der Waals surface area contributed by atoms with Crippen molar-refractivity contribution in [2.45, 2.75) is 12.3 Å². The van der Waals surface area contributed by atoms with Gasteiger partial charge in [-0.05, 0) is 55.0 Å². The highest BCUT2D eigenvalue weighted by Gasteiger charge is 2.20. The summed E-state index contributed by atoms with van der Waals surface area (Å²) in [6.07, 6.45) is 0. The van der Waals surface area contributed by atoms with Crippen LogP contribution in [-0.2, 0) is 9.53 Å². The Bertz CT molecular complexity index is 1360. The van der Waals surface area contributed by atoms with Crippen molar-refractivity contribution in [2.24, 2.45) is 0 Å². The highest BCUT2D eigenvalue weighted by atomic mass is 35.5. The minimum absolute atomic E-state index is 0.178. The molecule has 1 amide bonds. The molecule has 10 heteroatoms. The van der Waals surface area contributed by atoms with Crippen LogP contribution in [0, 0.1) is 0 Å². The maximum absolute atomic E-state index is 12.6. The number of alkyl halides is 1. The van der Waals surface area contributed by atoms with Crippen molar-refractivity contribution < 1.29 is 23.7 Å². The standard InChI is InChI=1S/C27H25ClN4O5/c1-2-34-14-15-35-27-30-25(19-8-13-22-23(16-19)37-17-36-22)32(31-27)21-11-9-20(10-12-21)29-26(33)24(28)18-6-4-3-5-7-18/h3-13,16,24H,2,14-15,17H2,1H3,(H,29,33)/t24-/m0/s1. The van der Waals surface area contributed by atoms with Crippen molar-refractivity contribution in [1.82, 2.24) is 14.8 Å². The summed E-state index contributed by atoms with van der Waals surface area (Å²) in [6, 6.07) is 22.2. The number of rotatable bonds is 10. The van der Waals surface area contributed by atoms with Crippen LogP contribution in [0.25, 0.3) is 17.1 Å². The summed E-state index contributed by atoms with van der Waals surface area (Å²) in [6.45, 7) is 3.46. The number of aromatic nitrogens is 3. The molecule has 0 saturated heterocycles. The summed E-state index contributed by atoms with van der Waals surface area (Å²) in [7, 11) is 0. The van der Waals surface area contributed by atoms with Crippen LogP contribution in [0.3, 0.4) is 0 Å². The van der Waals surface area contributed by atoms with Crippen LogP contribution in [0.2, 0.25) is 0 Å². The fourth-order valence-corrected chi connectivity index (χ4v) is 3.96. The normalized spacial score (nSPS) is 12.8. The van der Waals surface area contributed by atoms with Crippen LogP contribution in [0.1, 0.15) is 17.9 Å². The largest absolute Gasteiger partial charge is 0.460 e. The number of carbonyl (C=O) groups excluding carboxylic acids is 1. The van der Waals surface area contributed by atoms with Crippen LogP contribution in [-0.4, -0.2) is 47.3 Å². The van der Waals surface area contributed by atoms with E-state index in [1.54, 1.807) is 16.8 Å². The van der Waals surface area contributed by atoms with Gasteiger partial charge in [0.15, 0.2) is 17.3 Å². The summed E-state index contributed by atoms with van der Waals surface area (Å²) in [5.41, 5.74) is 2.84. The molecule has 1 N–H and O–H groups in total. The highest BCUT2D eigenvalue weighted by Crippen LogP contribution is 2.36. The van der Waals surface area contributed by atoms with Gasteiger partial charge in [-0.1, -0.05) is 30.3 Å². The van der Waals surface area contributed by atoms with E-state index in [1.807, 2.05) is 67.6 Å². The van der Waals surface area contributed by atoms with Gasteiger partial charge < -0.3 is 24.3 Å².